The zero-order chi connectivity index (χ0) is 13.8. The van der Waals surface area contributed by atoms with Gasteiger partial charge >= 0.3 is 6.09 Å². The quantitative estimate of drug-likeness (QED) is 0.764. The van der Waals surface area contributed by atoms with Gasteiger partial charge in [0.25, 0.3) is 0 Å². The van der Waals surface area contributed by atoms with Gasteiger partial charge in [-0.1, -0.05) is 0 Å². The summed E-state index contributed by atoms with van der Waals surface area (Å²) in [6, 6.07) is -0.102. The molecule has 1 aliphatic carbocycles. The predicted octanol–water partition coefficient (Wildman–Crippen LogP) is 1.89. The van der Waals surface area contributed by atoms with Crippen molar-refractivity contribution in [1.82, 2.24) is 5.32 Å². The average Bonchev–Trinajstić information content (AvgIpc) is 2.12. The number of carbonyl (C=O) groups excluding carboxylic acids is 2. The molecule has 0 aromatic heterocycles. The number of amides is 1. The van der Waals surface area contributed by atoms with Gasteiger partial charge in [-0.2, -0.15) is 0 Å². The maximum Gasteiger partial charge on any atom is 0.407 e. The second-order valence-electron chi connectivity index (χ2n) is 5.87. The fraction of sp³-hybridized carbons (Fsp3) is 0.846. The number of hydrogen-bond donors (Lipinski definition) is 1. The minimum absolute atomic E-state index is 0.102. The Bertz CT molecular complexity index is 292. The standard InChI is InChI=1S/C13H23NO4/c1-9(14-12(16)18-13(2,3)4)8-17-11-5-10(6-11)7-15/h7,9-11H,5-6,8H2,1-4H3,(H,14,16)/t9-,10?,11?/m1/s1. The summed E-state index contributed by atoms with van der Waals surface area (Å²) in [5.41, 5.74) is -0.490. The SMILES string of the molecule is C[C@H](COC1CC(C=O)C1)NC(=O)OC(C)(C)C. The lowest BCUT2D eigenvalue weighted by atomic mass is 9.83. The lowest BCUT2D eigenvalue weighted by molar-refractivity contribution is -0.119. The molecule has 0 unspecified atom stereocenters. The molecule has 0 aliphatic heterocycles. The summed E-state index contributed by atoms with van der Waals surface area (Å²) in [6.45, 7) is 7.76. The number of ether oxygens (including phenoxy) is 2. The van der Waals surface area contributed by atoms with Crippen LogP contribution in [0.2, 0.25) is 0 Å². The van der Waals surface area contributed by atoms with Gasteiger partial charge in [0.2, 0.25) is 0 Å². The van der Waals surface area contributed by atoms with E-state index in [9.17, 15) is 9.59 Å². The molecule has 0 aromatic rings. The van der Waals surface area contributed by atoms with E-state index in [2.05, 4.69) is 5.32 Å². The normalized spacial score (nSPS) is 24.9. The zero-order valence-corrected chi connectivity index (χ0v) is 11.6. The average molecular weight is 257 g/mol. The van der Waals surface area contributed by atoms with Crippen molar-refractivity contribution in [3.63, 3.8) is 0 Å². The van der Waals surface area contributed by atoms with Crippen molar-refractivity contribution in [2.45, 2.75) is 58.3 Å². The van der Waals surface area contributed by atoms with Crippen molar-refractivity contribution in [3.8, 4) is 0 Å². The maximum atomic E-state index is 11.5. The number of nitrogens with one attached hydrogen (secondary N) is 1. The number of carbonyl (C=O) groups is 2. The number of alkyl carbamates (subject to hydrolysis) is 1. The molecule has 104 valence electrons. The van der Waals surface area contributed by atoms with Crippen molar-refractivity contribution in [2.75, 3.05) is 6.61 Å². The van der Waals surface area contributed by atoms with Gasteiger partial charge in [0.05, 0.1) is 18.8 Å². The van der Waals surface area contributed by atoms with Gasteiger partial charge in [0.1, 0.15) is 11.9 Å². The molecule has 0 heterocycles. The molecule has 5 heteroatoms. The molecule has 1 atom stereocenters. The van der Waals surface area contributed by atoms with Crippen LogP contribution in [0.15, 0.2) is 0 Å². The van der Waals surface area contributed by atoms with Crippen LogP contribution in [0.25, 0.3) is 0 Å². The van der Waals surface area contributed by atoms with E-state index in [1.165, 1.54) is 0 Å². The fourth-order valence-electron chi connectivity index (χ4n) is 1.68. The molecule has 0 aromatic carbocycles. The maximum absolute atomic E-state index is 11.5. The highest BCUT2D eigenvalue weighted by atomic mass is 16.6. The summed E-state index contributed by atoms with van der Waals surface area (Å²) in [7, 11) is 0. The van der Waals surface area contributed by atoms with Crippen LogP contribution in [0.1, 0.15) is 40.5 Å². The molecule has 0 spiro atoms. The number of rotatable bonds is 5. The van der Waals surface area contributed by atoms with Crippen LogP contribution >= 0.6 is 0 Å². The van der Waals surface area contributed by atoms with Gasteiger partial charge < -0.3 is 19.6 Å². The van der Waals surface area contributed by atoms with Gasteiger partial charge in [0, 0.05) is 5.92 Å². The van der Waals surface area contributed by atoms with Crippen LogP contribution in [-0.4, -0.2) is 36.7 Å². The second kappa shape index (κ2) is 6.18. The first-order valence-electron chi connectivity index (χ1n) is 6.36. The molecule has 1 aliphatic rings. The number of aldehydes is 1. The van der Waals surface area contributed by atoms with Crippen LogP contribution in [0.4, 0.5) is 4.79 Å². The van der Waals surface area contributed by atoms with Gasteiger partial charge in [0.15, 0.2) is 0 Å². The molecule has 1 rings (SSSR count). The number of hydrogen-bond acceptors (Lipinski definition) is 4. The third kappa shape index (κ3) is 5.49. The topological polar surface area (TPSA) is 64.6 Å². The molecule has 1 N–H and O–H groups in total. The van der Waals surface area contributed by atoms with E-state index in [-0.39, 0.29) is 18.1 Å². The Morgan fingerprint density at radius 3 is 2.56 bits per heavy atom. The van der Waals surface area contributed by atoms with Gasteiger partial charge in [-0.15, -0.1) is 0 Å². The molecule has 18 heavy (non-hydrogen) atoms. The molecule has 1 saturated carbocycles. The van der Waals surface area contributed by atoms with Crippen LogP contribution in [-0.2, 0) is 14.3 Å². The van der Waals surface area contributed by atoms with E-state index in [1.807, 2.05) is 27.7 Å². The molecule has 1 fully saturated rings. The van der Waals surface area contributed by atoms with Crippen LogP contribution < -0.4 is 5.32 Å². The van der Waals surface area contributed by atoms with Gasteiger partial charge in [-0.05, 0) is 40.5 Å². The zero-order valence-electron chi connectivity index (χ0n) is 11.6. The van der Waals surface area contributed by atoms with Crippen molar-refractivity contribution < 1.29 is 19.1 Å². The summed E-state index contributed by atoms with van der Waals surface area (Å²) < 4.78 is 10.7. The minimum Gasteiger partial charge on any atom is -0.444 e. The Labute approximate surface area is 108 Å². The summed E-state index contributed by atoms with van der Waals surface area (Å²) >= 11 is 0. The lowest BCUT2D eigenvalue weighted by Gasteiger charge is -2.32. The minimum atomic E-state index is -0.490. The highest BCUT2D eigenvalue weighted by Gasteiger charge is 2.29. The largest absolute Gasteiger partial charge is 0.444 e. The highest BCUT2D eigenvalue weighted by molar-refractivity contribution is 5.68. The van der Waals surface area contributed by atoms with Gasteiger partial charge in [-0.25, -0.2) is 4.79 Å². The van der Waals surface area contributed by atoms with E-state index in [0.29, 0.717) is 6.61 Å². The van der Waals surface area contributed by atoms with Crippen molar-refractivity contribution in [2.24, 2.45) is 5.92 Å². The summed E-state index contributed by atoms with van der Waals surface area (Å²) in [4.78, 5) is 21.9. The van der Waals surface area contributed by atoms with Crippen LogP contribution in [0.5, 0.6) is 0 Å². The first kappa shape index (κ1) is 15.0. The third-order valence-corrected chi connectivity index (χ3v) is 2.67. The molecule has 1 amide bonds. The molecular weight excluding hydrogens is 234 g/mol. The first-order chi connectivity index (χ1) is 8.30. The fourth-order valence-corrected chi connectivity index (χ4v) is 1.68. The summed E-state index contributed by atoms with van der Waals surface area (Å²) in [5, 5.41) is 2.71. The summed E-state index contributed by atoms with van der Waals surface area (Å²) in [6.07, 6.45) is 2.29. The molecular formula is C13H23NO4. The Hall–Kier alpha value is -1.10. The Balaban J connectivity index is 2.12. The predicted molar refractivity (Wildman–Crippen MR) is 67.4 cm³/mol. The van der Waals surface area contributed by atoms with E-state index in [4.69, 9.17) is 9.47 Å². The van der Waals surface area contributed by atoms with E-state index in [1.54, 1.807) is 0 Å². The van der Waals surface area contributed by atoms with E-state index in [0.717, 1.165) is 19.1 Å². The van der Waals surface area contributed by atoms with E-state index < -0.39 is 11.7 Å². The van der Waals surface area contributed by atoms with Gasteiger partial charge in [-0.3, -0.25) is 0 Å². The lowest BCUT2D eigenvalue weighted by Crippen LogP contribution is -2.42. The smallest absolute Gasteiger partial charge is 0.407 e. The Kier molecular flexibility index (Phi) is 5.14. The molecule has 0 radical (unpaired) electrons. The third-order valence-electron chi connectivity index (χ3n) is 2.67. The van der Waals surface area contributed by atoms with E-state index >= 15 is 0 Å². The van der Waals surface area contributed by atoms with Crippen LogP contribution in [0, 0.1) is 5.92 Å². The monoisotopic (exact) mass is 257 g/mol. The summed E-state index contributed by atoms with van der Waals surface area (Å²) in [5.74, 6) is 0.157. The molecule has 5 nitrogen and oxygen atoms in total. The van der Waals surface area contributed by atoms with Crippen molar-refractivity contribution in [3.05, 3.63) is 0 Å². The highest BCUT2D eigenvalue weighted by Crippen LogP contribution is 2.28. The van der Waals surface area contributed by atoms with Crippen molar-refractivity contribution in [1.29, 1.82) is 0 Å². The second-order valence-corrected chi connectivity index (χ2v) is 5.87. The molecule has 0 saturated heterocycles. The Morgan fingerprint density at radius 2 is 2.06 bits per heavy atom. The first-order valence-corrected chi connectivity index (χ1v) is 6.36. The molecule has 0 bridgehead atoms. The van der Waals surface area contributed by atoms with Crippen molar-refractivity contribution >= 4 is 12.4 Å². The van der Waals surface area contributed by atoms with Crippen LogP contribution in [0.3, 0.4) is 0 Å². The Morgan fingerprint density at radius 1 is 1.44 bits per heavy atom.